The van der Waals surface area contributed by atoms with E-state index in [0.29, 0.717) is 23.3 Å². The molecule has 3 atom stereocenters. The molecule has 0 saturated heterocycles. The number of benzene rings is 2. The molecule has 0 N–H and O–H groups in total. The number of nitrogens with zero attached hydrogens (tertiary/aromatic N) is 1. The van der Waals surface area contributed by atoms with Gasteiger partial charge in [-0.1, -0.05) is 23.8 Å². The van der Waals surface area contributed by atoms with Gasteiger partial charge >= 0.3 is 0 Å². The van der Waals surface area contributed by atoms with Gasteiger partial charge in [0.05, 0.1) is 11.0 Å². The maximum absolute atomic E-state index is 13.1. The van der Waals surface area contributed by atoms with E-state index in [2.05, 4.69) is 0 Å². The topological polar surface area (TPSA) is 93.5 Å². The summed E-state index contributed by atoms with van der Waals surface area (Å²) >= 11 is 0. The van der Waals surface area contributed by atoms with Crippen molar-refractivity contribution in [1.29, 1.82) is 5.26 Å². The van der Waals surface area contributed by atoms with Crippen LogP contribution >= 0.6 is 0 Å². The Morgan fingerprint density at radius 1 is 1.15 bits per heavy atom. The summed E-state index contributed by atoms with van der Waals surface area (Å²) in [6.45, 7) is 1.94. The summed E-state index contributed by atoms with van der Waals surface area (Å²) in [4.78, 5) is 11.8. The summed E-state index contributed by atoms with van der Waals surface area (Å²) in [7, 11) is -3.85. The molecular weight excluding hydrogens is 354 g/mol. The molecule has 4 rings (SSSR count). The third kappa shape index (κ3) is 2.22. The van der Waals surface area contributed by atoms with Gasteiger partial charge in [0.25, 0.3) is 0 Å². The van der Waals surface area contributed by atoms with Crippen LogP contribution in [0.1, 0.15) is 17.0 Å². The molecule has 26 heavy (non-hydrogen) atoms. The van der Waals surface area contributed by atoms with Gasteiger partial charge in [0, 0.05) is 5.92 Å². The Kier molecular flexibility index (Phi) is 3.56. The van der Waals surface area contributed by atoms with Crippen molar-refractivity contribution in [1.82, 2.24) is 0 Å². The maximum atomic E-state index is 13.1. The van der Waals surface area contributed by atoms with Crippen molar-refractivity contribution < 1.29 is 22.7 Å². The first kappa shape index (κ1) is 16.6. The van der Waals surface area contributed by atoms with E-state index < -0.39 is 26.4 Å². The number of nitriles is 1. The van der Waals surface area contributed by atoms with Gasteiger partial charge < -0.3 is 14.3 Å². The van der Waals surface area contributed by atoms with E-state index in [0.717, 1.165) is 5.56 Å². The van der Waals surface area contributed by atoms with Gasteiger partial charge in [-0.2, -0.15) is 5.26 Å². The number of hydrogen-bond acceptors (Lipinski definition) is 6. The van der Waals surface area contributed by atoms with Crippen LogP contribution in [0.4, 0.5) is 0 Å². The highest BCUT2D eigenvalue weighted by atomic mass is 32.2. The van der Waals surface area contributed by atoms with Crippen molar-refractivity contribution in [2.24, 2.45) is 5.41 Å². The van der Waals surface area contributed by atoms with Crippen LogP contribution in [0, 0.1) is 23.7 Å². The van der Waals surface area contributed by atoms with E-state index >= 15 is 0 Å². The number of sulfone groups is 1. The highest BCUT2D eigenvalue weighted by Crippen LogP contribution is 2.63. The van der Waals surface area contributed by atoms with E-state index in [1.807, 2.05) is 13.0 Å². The first-order valence-electron chi connectivity index (χ1n) is 8.02. The Morgan fingerprint density at radius 3 is 2.50 bits per heavy atom. The quantitative estimate of drug-likeness (QED) is 0.768. The molecular formula is C19H15NO5S. The third-order valence-corrected chi connectivity index (χ3v) is 7.27. The van der Waals surface area contributed by atoms with Gasteiger partial charge in [0.15, 0.2) is 21.3 Å². The summed E-state index contributed by atoms with van der Waals surface area (Å²) in [5.74, 6) is 0.297. The van der Waals surface area contributed by atoms with E-state index in [4.69, 9.17) is 9.47 Å². The minimum Gasteiger partial charge on any atom is -0.454 e. The van der Waals surface area contributed by atoms with E-state index in [-0.39, 0.29) is 11.7 Å². The smallest absolute Gasteiger partial charge is 0.231 e. The average Bonchev–Trinajstić information content (AvgIpc) is 3.12. The van der Waals surface area contributed by atoms with Gasteiger partial charge in [-0.25, -0.2) is 8.42 Å². The number of fused-ring (bicyclic) bond motifs is 1. The molecule has 1 aliphatic carbocycles. The van der Waals surface area contributed by atoms with Crippen LogP contribution in [0.3, 0.4) is 0 Å². The van der Waals surface area contributed by atoms with Crippen LogP contribution in [-0.2, 0) is 14.6 Å². The van der Waals surface area contributed by atoms with Gasteiger partial charge in [-0.15, -0.1) is 0 Å². The van der Waals surface area contributed by atoms with Gasteiger partial charge in [-0.05, 0) is 36.8 Å². The van der Waals surface area contributed by atoms with Gasteiger partial charge in [0.1, 0.15) is 17.0 Å². The number of rotatable bonds is 4. The molecule has 2 aromatic rings. The number of aryl methyl sites for hydroxylation is 1. The van der Waals surface area contributed by atoms with Crippen LogP contribution in [0.5, 0.6) is 11.5 Å². The number of hydrogen-bond donors (Lipinski definition) is 0. The SMILES string of the molecule is Cc1ccc(S(=O)(=O)[C@@H]2[C@H](c3ccc4c(c3)OCO4)[C@@]2(C#N)C=O)cc1. The molecule has 1 heterocycles. The van der Waals surface area contributed by atoms with E-state index in [9.17, 15) is 18.5 Å². The molecule has 1 fully saturated rings. The van der Waals surface area contributed by atoms with Crippen molar-refractivity contribution in [3.63, 3.8) is 0 Å². The predicted octanol–water partition coefficient (Wildman–Crippen LogP) is 2.37. The second kappa shape index (κ2) is 5.58. The summed E-state index contributed by atoms with van der Waals surface area (Å²) < 4.78 is 36.8. The molecule has 6 nitrogen and oxygen atoms in total. The zero-order valence-corrected chi connectivity index (χ0v) is 14.7. The predicted molar refractivity (Wildman–Crippen MR) is 91.6 cm³/mol. The third-order valence-electron chi connectivity index (χ3n) is 5.01. The second-order valence-electron chi connectivity index (χ2n) is 6.53. The lowest BCUT2D eigenvalue weighted by molar-refractivity contribution is -0.110. The van der Waals surface area contributed by atoms with Gasteiger partial charge in [-0.3, -0.25) is 0 Å². The molecule has 132 valence electrons. The summed E-state index contributed by atoms with van der Waals surface area (Å²) in [5.41, 5.74) is -0.102. The normalized spacial score (nSPS) is 26.2. The van der Waals surface area contributed by atoms with E-state index in [1.54, 1.807) is 30.3 Å². The molecule has 0 amide bonds. The first-order valence-corrected chi connectivity index (χ1v) is 9.56. The fourth-order valence-electron chi connectivity index (χ4n) is 3.54. The first-order chi connectivity index (χ1) is 12.4. The average molecular weight is 369 g/mol. The van der Waals surface area contributed by atoms with Crippen molar-refractivity contribution in [3.8, 4) is 17.6 Å². The highest BCUT2D eigenvalue weighted by molar-refractivity contribution is 7.92. The molecule has 1 saturated carbocycles. The zero-order valence-electron chi connectivity index (χ0n) is 13.9. The van der Waals surface area contributed by atoms with Crippen LogP contribution < -0.4 is 9.47 Å². The molecule has 0 spiro atoms. The Balaban J connectivity index is 1.79. The van der Waals surface area contributed by atoms with Crippen molar-refractivity contribution in [3.05, 3.63) is 53.6 Å². The number of aldehydes is 1. The molecule has 1 aliphatic heterocycles. The van der Waals surface area contributed by atoms with Crippen LogP contribution in [-0.4, -0.2) is 26.7 Å². The molecule has 7 heteroatoms. The largest absolute Gasteiger partial charge is 0.454 e. The Labute approximate surface area is 150 Å². The Hall–Kier alpha value is -2.85. The number of ether oxygens (including phenoxy) is 2. The van der Waals surface area contributed by atoms with E-state index in [1.165, 1.54) is 12.1 Å². The Bertz CT molecular complexity index is 1040. The lowest BCUT2D eigenvalue weighted by Gasteiger charge is -2.05. The number of carbonyl (C=O) groups is 1. The van der Waals surface area contributed by atoms with Crippen LogP contribution in [0.15, 0.2) is 47.4 Å². The molecule has 2 aliphatic rings. The molecule has 0 bridgehead atoms. The highest BCUT2D eigenvalue weighted by Gasteiger charge is 2.72. The van der Waals surface area contributed by atoms with Crippen molar-refractivity contribution in [2.75, 3.05) is 6.79 Å². The molecule has 0 aromatic heterocycles. The monoisotopic (exact) mass is 369 g/mol. The summed E-state index contributed by atoms with van der Waals surface area (Å²) in [5, 5.41) is 8.48. The fourth-order valence-corrected chi connectivity index (χ4v) is 5.78. The minimum absolute atomic E-state index is 0.0889. The fraction of sp³-hybridized carbons (Fsp3) is 0.263. The molecule has 0 radical (unpaired) electrons. The second-order valence-corrected chi connectivity index (χ2v) is 8.60. The standard InChI is InChI=1S/C19H15NO5S/c1-12-2-5-14(6-3-12)26(22,23)18-17(19(18,9-20)10-21)13-4-7-15-16(8-13)25-11-24-15/h2-8,10,17-18H,11H2,1H3/t17-,18+,19+/m0/s1. The summed E-state index contributed by atoms with van der Waals surface area (Å²) in [6, 6.07) is 13.3. The molecule has 2 aromatic carbocycles. The number of carbonyl (C=O) groups excluding carboxylic acids is 1. The summed E-state index contributed by atoms with van der Waals surface area (Å²) in [6.07, 6.45) is 0.457. The zero-order chi connectivity index (χ0) is 18.5. The lowest BCUT2D eigenvalue weighted by Crippen LogP contribution is -2.16. The van der Waals surface area contributed by atoms with Crippen molar-refractivity contribution >= 4 is 16.1 Å². The maximum Gasteiger partial charge on any atom is 0.231 e. The van der Waals surface area contributed by atoms with Crippen LogP contribution in [0.2, 0.25) is 0 Å². The molecule has 0 unspecified atom stereocenters. The minimum atomic E-state index is -3.85. The van der Waals surface area contributed by atoms with Crippen molar-refractivity contribution in [2.45, 2.75) is 23.0 Å². The van der Waals surface area contributed by atoms with Crippen LogP contribution in [0.25, 0.3) is 0 Å². The Morgan fingerprint density at radius 2 is 1.85 bits per heavy atom. The van der Waals surface area contributed by atoms with Gasteiger partial charge in [0.2, 0.25) is 6.79 Å². The lowest BCUT2D eigenvalue weighted by atomic mass is 10.0.